The van der Waals surface area contributed by atoms with E-state index in [-0.39, 0.29) is 22.1 Å². The highest BCUT2D eigenvalue weighted by Gasteiger charge is 2.42. The van der Waals surface area contributed by atoms with Crippen LogP contribution in [-0.2, 0) is 21.2 Å². The highest BCUT2D eigenvalue weighted by Crippen LogP contribution is 2.36. The first-order chi connectivity index (χ1) is 12.5. The van der Waals surface area contributed by atoms with Gasteiger partial charge in [0.1, 0.15) is 0 Å². The SMILES string of the molecule is CCc1ccc(S(=O)(=O)/N=C2/SC(CC)C(=O)N2C2CCCCC2)cc1. The summed E-state index contributed by atoms with van der Waals surface area (Å²) in [7, 11) is -3.82. The van der Waals surface area contributed by atoms with E-state index in [0.717, 1.165) is 37.7 Å². The molecule has 1 atom stereocenters. The average molecular weight is 395 g/mol. The number of carbonyl (C=O) groups is 1. The van der Waals surface area contributed by atoms with Crippen molar-refractivity contribution in [2.75, 3.05) is 0 Å². The van der Waals surface area contributed by atoms with Gasteiger partial charge in [0.05, 0.1) is 10.1 Å². The van der Waals surface area contributed by atoms with Crippen LogP contribution < -0.4 is 0 Å². The monoisotopic (exact) mass is 394 g/mol. The lowest BCUT2D eigenvalue weighted by Crippen LogP contribution is -2.42. The zero-order chi connectivity index (χ0) is 18.7. The van der Waals surface area contributed by atoms with E-state index in [2.05, 4.69) is 4.40 Å². The molecule has 1 heterocycles. The van der Waals surface area contributed by atoms with Crippen LogP contribution in [0.25, 0.3) is 0 Å². The summed E-state index contributed by atoms with van der Waals surface area (Å²) >= 11 is 1.30. The van der Waals surface area contributed by atoms with Crippen molar-refractivity contribution in [1.82, 2.24) is 4.90 Å². The molecule has 3 rings (SSSR count). The van der Waals surface area contributed by atoms with E-state index in [0.29, 0.717) is 11.6 Å². The van der Waals surface area contributed by atoms with E-state index < -0.39 is 10.0 Å². The van der Waals surface area contributed by atoms with Crippen molar-refractivity contribution in [2.45, 2.75) is 75.0 Å². The van der Waals surface area contributed by atoms with Gasteiger partial charge in [0.25, 0.3) is 10.0 Å². The molecule has 1 saturated carbocycles. The van der Waals surface area contributed by atoms with Crippen molar-refractivity contribution in [3.05, 3.63) is 29.8 Å². The third-order valence-corrected chi connectivity index (χ3v) is 7.82. The Bertz CT molecular complexity index is 782. The first-order valence-electron chi connectivity index (χ1n) is 9.40. The minimum absolute atomic E-state index is 0.0136. The molecule has 1 saturated heterocycles. The van der Waals surface area contributed by atoms with Gasteiger partial charge >= 0.3 is 0 Å². The van der Waals surface area contributed by atoms with E-state index >= 15 is 0 Å². The molecular weight excluding hydrogens is 368 g/mol. The molecule has 2 aliphatic rings. The molecule has 5 nitrogen and oxygen atoms in total. The Morgan fingerprint density at radius 1 is 1.12 bits per heavy atom. The second-order valence-corrected chi connectivity index (χ2v) is 9.64. The largest absolute Gasteiger partial charge is 0.287 e. The Morgan fingerprint density at radius 2 is 1.77 bits per heavy atom. The second kappa shape index (κ2) is 8.13. The van der Waals surface area contributed by atoms with Crippen LogP contribution in [0.3, 0.4) is 0 Å². The Kier molecular flexibility index (Phi) is 6.07. The molecule has 0 spiro atoms. The van der Waals surface area contributed by atoms with Gasteiger partial charge < -0.3 is 0 Å². The number of rotatable bonds is 5. The van der Waals surface area contributed by atoms with Crippen LogP contribution in [0.15, 0.2) is 33.6 Å². The van der Waals surface area contributed by atoms with E-state index in [1.165, 1.54) is 18.2 Å². The summed E-state index contributed by atoms with van der Waals surface area (Å²) in [5.74, 6) is 0.0136. The predicted octanol–water partition coefficient (Wildman–Crippen LogP) is 3.98. The van der Waals surface area contributed by atoms with Crippen LogP contribution in [0, 0.1) is 0 Å². The molecule has 0 N–H and O–H groups in total. The lowest BCUT2D eigenvalue weighted by atomic mass is 9.94. The minimum atomic E-state index is -3.82. The summed E-state index contributed by atoms with van der Waals surface area (Å²) < 4.78 is 29.7. The maximum absolute atomic E-state index is 12.8. The molecular formula is C19H26N2O3S2. The number of hydrogen-bond acceptors (Lipinski definition) is 4. The van der Waals surface area contributed by atoms with Gasteiger partial charge in [-0.25, -0.2) is 0 Å². The van der Waals surface area contributed by atoms with Crippen LogP contribution in [0.1, 0.15) is 57.9 Å². The van der Waals surface area contributed by atoms with Gasteiger partial charge in [-0.3, -0.25) is 9.69 Å². The van der Waals surface area contributed by atoms with Crippen molar-refractivity contribution in [2.24, 2.45) is 4.40 Å². The lowest BCUT2D eigenvalue weighted by molar-refractivity contribution is -0.128. The fourth-order valence-corrected chi connectivity index (χ4v) is 5.87. The Labute approximate surface area is 160 Å². The van der Waals surface area contributed by atoms with E-state index in [1.807, 2.05) is 26.0 Å². The molecule has 1 aromatic carbocycles. The van der Waals surface area contributed by atoms with Gasteiger partial charge in [0.2, 0.25) is 5.91 Å². The summed E-state index contributed by atoms with van der Waals surface area (Å²) in [6.45, 7) is 3.98. The number of nitrogens with zero attached hydrogens (tertiary/aromatic N) is 2. The van der Waals surface area contributed by atoms with Gasteiger partial charge in [-0.1, -0.05) is 57.0 Å². The molecule has 1 amide bonds. The maximum atomic E-state index is 12.8. The van der Waals surface area contributed by atoms with Gasteiger partial charge in [0.15, 0.2) is 5.17 Å². The first-order valence-corrected chi connectivity index (χ1v) is 11.7. The van der Waals surface area contributed by atoms with Gasteiger partial charge in [-0.05, 0) is 43.4 Å². The molecule has 1 aromatic rings. The molecule has 1 aliphatic carbocycles. The van der Waals surface area contributed by atoms with Crippen molar-refractivity contribution in [3.8, 4) is 0 Å². The van der Waals surface area contributed by atoms with Crippen LogP contribution in [-0.4, -0.2) is 35.7 Å². The molecule has 0 aromatic heterocycles. The molecule has 0 bridgehead atoms. The first kappa shape index (κ1) is 19.4. The molecule has 26 heavy (non-hydrogen) atoms. The zero-order valence-electron chi connectivity index (χ0n) is 15.3. The second-order valence-electron chi connectivity index (χ2n) is 6.86. The molecule has 1 unspecified atom stereocenters. The minimum Gasteiger partial charge on any atom is -0.287 e. The third-order valence-electron chi connectivity index (χ3n) is 5.10. The molecule has 0 radical (unpaired) electrons. The fraction of sp³-hybridized carbons (Fsp3) is 0.579. The van der Waals surface area contributed by atoms with Gasteiger partial charge in [0, 0.05) is 6.04 Å². The van der Waals surface area contributed by atoms with Gasteiger partial charge in [-0.2, -0.15) is 8.42 Å². The van der Waals surface area contributed by atoms with Crippen LogP contribution in [0.2, 0.25) is 0 Å². The number of sulfonamides is 1. The average Bonchev–Trinajstić information content (AvgIpc) is 2.97. The number of amides is 1. The number of thioether (sulfide) groups is 1. The zero-order valence-corrected chi connectivity index (χ0v) is 17.0. The van der Waals surface area contributed by atoms with E-state index in [1.54, 1.807) is 17.0 Å². The topological polar surface area (TPSA) is 66.8 Å². The van der Waals surface area contributed by atoms with E-state index in [4.69, 9.17) is 0 Å². The number of amidine groups is 1. The van der Waals surface area contributed by atoms with Crippen molar-refractivity contribution in [1.29, 1.82) is 0 Å². The summed E-state index contributed by atoms with van der Waals surface area (Å²) in [6.07, 6.45) is 6.71. The Morgan fingerprint density at radius 3 is 2.35 bits per heavy atom. The fourth-order valence-electron chi connectivity index (χ4n) is 3.54. The van der Waals surface area contributed by atoms with Gasteiger partial charge in [-0.15, -0.1) is 4.40 Å². The highest BCUT2D eigenvalue weighted by molar-refractivity contribution is 8.16. The predicted molar refractivity (Wildman–Crippen MR) is 106 cm³/mol. The van der Waals surface area contributed by atoms with Crippen LogP contribution >= 0.6 is 11.8 Å². The molecule has 142 valence electrons. The number of hydrogen-bond donors (Lipinski definition) is 0. The highest BCUT2D eigenvalue weighted by atomic mass is 32.2. The third kappa shape index (κ3) is 3.98. The van der Waals surface area contributed by atoms with E-state index in [9.17, 15) is 13.2 Å². The quantitative estimate of drug-likeness (QED) is 0.757. The number of benzene rings is 1. The van der Waals surface area contributed by atoms with Crippen LogP contribution in [0.5, 0.6) is 0 Å². The summed E-state index contributed by atoms with van der Waals surface area (Å²) in [6, 6.07) is 6.91. The summed E-state index contributed by atoms with van der Waals surface area (Å²) in [4.78, 5) is 14.6. The summed E-state index contributed by atoms with van der Waals surface area (Å²) in [5.41, 5.74) is 1.08. The lowest BCUT2D eigenvalue weighted by Gasteiger charge is -2.30. The summed E-state index contributed by atoms with van der Waals surface area (Å²) in [5, 5.41) is 0.127. The van der Waals surface area contributed by atoms with Crippen molar-refractivity contribution in [3.63, 3.8) is 0 Å². The molecule has 1 aliphatic heterocycles. The Hall–Kier alpha value is -1.34. The normalized spacial score (nSPS) is 23.8. The maximum Gasteiger partial charge on any atom is 0.284 e. The molecule has 2 fully saturated rings. The van der Waals surface area contributed by atoms with Crippen molar-refractivity contribution >= 4 is 32.9 Å². The van der Waals surface area contributed by atoms with Crippen LogP contribution in [0.4, 0.5) is 0 Å². The van der Waals surface area contributed by atoms with Crippen molar-refractivity contribution < 1.29 is 13.2 Å². The standard InChI is InChI=1S/C19H26N2O3S2/c1-3-14-10-12-16(13-11-14)26(23,24)20-19-21(15-8-6-5-7-9-15)18(22)17(4-2)25-19/h10-13,15,17H,3-9H2,1-2H3/b20-19+. The Balaban J connectivity index is 1.93. The molecule has 7 heteroatoms. The number of aryl methyl sites for hydroxylation is 1. The number of carbonyl (C=O) groups excluding carboxylic acids is 1. The smallest absolute Gasteiger partial charge is 0.284 e.